The highest BCUT2D eigenvalue weighted by Crippen LogP contribution is 2.21. The molecular formula is C18H22N6O4. The number of nitrogens with one attached hydrogen (secondary N) is 1. The van der Waals surface area contributed by atoms with E-state index >= 15 is 0 Å². The lowest BCUT2D eigenvalue weighted by Gasteiger charge is -2.25. The second-order valence-corrected chi connectivity index (χ2v) is 6.19. The molecule has 0 atom stereocenters. The Morgan fingerprint density at radius 3 is 2.61 bits per heavy atom. The van der Waals surface area contributed by atoms with E-state index in [4.69, 9.17) is 14.9 Å². The number of nitrogen functional groups attached to an aromatic ring is 1. The highest BCUT2D eigenvalue weighted by atomic mass is 16.5. The average molecular weight is 386 g/mol. The van der Waals surface area contributed by atoms with E-state index in [1.165, 1.54) is 11.7 Å². The van der Waals surface area contributed by atoms with Crippen molar-refractivity contribution >= 4 is 11.5 Å². The Balaban J connectivity index is 2.05. The first-order valence-electron chi connectivity index (χ1n) is 8.69. The van der Waals surface area contributed by atoms with E-state index in [2.05, 4.69) is 15.2 Å². The summed E-state index contributed by atoms with van der Waals surface area (Å²) in [6, 6.07) is 9.56. The minimum absolute atomic E-state index is 0.0537. The zero-order chi connectivity index (χ0) is 20.1. The molecule has 0 saturated heterocycles. The quantitative estimate of drug-likeness (QED) is 0.577. The fraction of sp³-hybridized carbons (Fsp3) is 0.333. The first-order chi connectivity index (χ1) is 13.5. The second-order valence-electron chi connectivity index (χ2n) is 6.19. The van der Waals surface area contributed by atoms with E-state index < -0.39 is 11.2 Å². The molecule has 0 bridgehead atoms. The van der Waals surface area contributed by atoms with Crippen LogP contribution < -0.4 is 21.9 Å². The van der Waals surface area contributed by atoms with Crippen molar-refractivity contribution in [3.63, 3.8) is 0 Å². The van der Waals surface area contributed by atoms with E-state index in [1.807, 2.05) is 30.3 Å². The Morgan fingerprint density at radius 1 is 1.21 bits per heavy atom. The van der Waals surface area contributed by atoms with Crippen LogP contribution in [0.5, 0.6) is 0 Å². The van der Waals surface area contributed by atoms with E-state index in [9.17, 15) is 9.59 Å². The topological polar surface area (TPSA) is 132 Å². The summed E-state index contributed by atoms with van der Waals surface area (Å²) in [6.45, 7) is 2.69. The van der Waals surface area contributed by atoms with Gasteiger partial charge in [0.25, 0.3) is 5.56 Å². The fourth-order valence-electron chi connectivity index (χ4n) is 2.87. The molecule has 0 saturated carbocycles. The number of hydrogen-bond acceptors (Lipinski definition) is 8. The van der Waals surface area contributed by atoms with Gasteiger partial charge in [0.1, 0.15) is 11.5 Å². The Hall–Kier alpha value is -3.40. The van der Waals surface area contributed by atoms with Crippen LogP contribution in [-0.2, 0) is 24.4 Å². The summed E-state index contributed by atoms with van der Waals surface area (Å²) in [7, 11) is 1.52. The Bertz CT molecular complexity index is 1040. The van der Waals surface area contributed by atoms with Gasteiger partial charge in [0.15, 0.2) is 0 Å². The molecule has 0 aliphatic carbocycles. The van der Waals surface area contributed by atoms with E-state index in [0.717, 1.165) is 5.56 Å². The summed E-state index contributed by atoms with van der Waals surface area (Å²) in [6.07, 6.45) is 0. The Labute approximate surface area is 160 Å². The van der Waals surface area contributed by atoms with Gasteiger partial charge in [-0.2, -0.15) is 0 Å². The van der Waals surface area contributed by atoms with Crippen molar-refractivity contribution in [1.29, 1.82) is 0 Å². The lowest BCUT2D eigenvalue weighted by molar-refractivity contribution is 0.186. The summed E-state index contributed by atoms with van der Waals surface area (Å²) in [5, 5.41) is 7.83. The molecule has 2 aromatic heterocycles. The minimum atomic E-state index is -0.586. The van der Waals surface area contributed by atoms with Crippen molar-refractivity contribution < 1.29 is 9.15 Å². The SMILES string of the molecule is COCCn1c(N)c(N(Cc2ccccc2)Cc2nnc(C)o2)c(=O)[nH]c1=O. The smallest absolute Gasteiger partial charge is 0.330 e. The molecule has 3 rings (SSSR count). The van der Waals surface area contributed by atoms with E-state index in [0.29, 0.717) is 18.3 Å². The third kappa shape index (κ3) is 4.29. The largest absolute Gasteiger partial charge is 0.424 e. The highest BCUT2D eigenvalue weighted by Gasteiger charge is 2.21. The van der Waals surface area contributed by atoms with Gasteiger partial charge >= 0.3 is 5.69 Å². The van der Waals surface area contributed by atoms with Gasteiger partial charge in [-0.15, -0.1) is 10.2 Å². The predicted octanol–water partition coefficient (Wildman–Crippen LogP) is 0.663. The first kappa shape index (κ1) is 19.4. The molecule has 3 N–H and O–H groups in total. The monoisotopic (exact) mass is 386 g/mol. The molecule has 0 spiro atoms. The normalized spacial score (nSPS) is 10.9. The maximum atomic E-state index is 12.6. The number of aryl methyl sites for hydroxylation is 1. The number of aromatic nitrogens is 4. The summed E-state index contributed by atoms with van der Waals surface area (Å²) in [4.78, 5) is 28.8. The summed E-state index contributed by atoms with van der Waals surface area (Å²) in [5.41, 5.74) is 6.17. The summed E-state index contributed by atoms with van der Waals surface area (Å²) in [5.74, 6) is 0.807. The Morgan fingerprint density at radius 2 is 1.96 bits per heavy atom. The average Bonchev–Trinajstić information content (AvgIpc) is 3.07. The molecule has 10 heteroatoms. The molecule has 1 aromatic carbocycles. The lowest BCUT2D eigenvalue weighted by atomic mass is 10.2. The maximum absolute atomic E-state index is 12.6. The number of benzene rings is 1. The molecule has 10 nitrogen and oxygen atoms in total. The van der Waals surface area contributed by atoms with Gasteiger partial charge in [-0.05, 0) is 5.56 Å². The van der Waals surface area contributed by atoms with Crippen LogP contribution in [0.25, 0.3) is 0 Å². The van der Waals surface area contributed by atoms with Gasteiger partial charge in [0, 0.05) is 20.6 Å². The van der Waals surface area contributed by atoms with Gasteiger partial charge in [0.2, 0.25) is 11.8 Å². The van der Waals surface area contributed by atoms with Crippen molar-refractivity contribution in [2.45, 2.75) is 26.6 Å². The molecule has 2 heterocycles. The molecule has 0 radical (unpaired) electrons. The first-order valence-corrected chi connectivity index (χ1v) is 8.69. The van der Waals surface area contributed by atoms with Gasteiger partial charge in [0.05, 0.1) is 19.7 Å². The molecule has 0 amide bonds. The number of ether oxygens (including phenoxy) is 1. The van der Waals surface area contributed by atoms with Crippen molar-refractivity contribution in [3.8, 4) is 0 Å². The maximum Gasteiger partial charge on any atom is 0.330 e. The zero-order valence-electron chi connectivity index (χ0n) is 15.7. The van der Waals surface area contributed by atoms with Crippen LogP contribution in [0.2, 0.25) is 0 Å². The molecule has 0 aliphatic heterocycles. The Kier molecular flexibility index (Phi) is 5.90. The molecule has 0 unspecified atom stereocenters. The third-order valence-corrected chi connectivity index (χ3v) is 4.16. The van der Waals surface area contributed by atoms with Crippen molar-refractivity contribution in [2.24, 2.45) is 0 Å². The lowest BCUT2D eigenvalue weighted by Crippen LogP contribution is -2.38. The number of anilines is 2. The standard InChI is InChI=1S/C18H22N6O4/c1-12-21-22-14(28-12)11-23(10-13-6-4-3-5-7-13)15-16(19)24(8-9-27-2)18(26)20-17(15)25/h3-7H,8-11,19H2,1-2H3,(H,20,25,26). The molecule has 28 heavy (non-hydrogen) atoms. The van der Waals surface area contributed by atoms with Crippen molar-refractivity contribution in [3.05, 3.63) is 68.5 Å². The van der Waals surface area contributed by atoms with Crippen LogP contribution in [0.15, 0.2) is 44.3 Å². The van der Waals surface area contributed by atoms with E-state index in [1.54, 1.807) is 11.8 Å². The molecule has 0 fully saturated rings. The van der Waals surface area contributed by atoms with Gasteiger partial charge in [-0.3, -0.25) is 14.3 Å². The number of nitrogens with zero attached hydrogens (tertiary/aromatic N) is 4. The number of hydrogen-bond donors (Lipinski definition) is 2. The minimum Gasteiger partial charge on any atom is -0.424 e. The van der Waals surface area contributed by atoms with Crippen LogP contribution in [0, 0.1) is 6.92 Å². The molecular weight excluding hydrogens is 364 g/mol. The van der Waals surface area contributed by atoms with Crippen LogP contribution in [-0.4, -0.2) is 33.5 Å². The number of methoxy groups -OCH3 is 1. The third-order valence-electron chi connectivity index (χ3n) is 4.16. The van der Waals surface area contributed by atoms with E-state index in [-0.39, 0.29) is 31.2 Å². The highest BCUT2D eigenvalue weighted by molar-refractivity contribution is 5.62. The van der Waals surface area contributed by atoms with Gasteiger partial charge in [-0.1, -0.05) is 30.3 Å². The zero-order valence-corrected chi connectivity index (χ0v) is 15.7. The van der Waals surface area contributed by atoms with Crippen LogP contribution >= 0.6 is 0 Å². The van der Waals surface area contributed by atoms with Crippen LogP contribution in [0.4, 0.5) is 11.5 Å². The van der Waals surface area contributed by atoms with Crippen LogP contribution in [0.3, 0.4) is 0 Å². The number of aromatic amines is 1. The number of H-pyrrole nitrogens is 1. The fourth-order valence-corrected chi connectivity index (χ4v) is 2.87. The van der Waals surface area contributed by atoms with Gasteiger partial charge < -0.3 is 19.8 Å². The molecule has 148 valence electrons. The molecule has 3 aromatic rings. The summed E-state index contributed by atoms with van der Waals surface area (Å²) >= 11 is 0. The number of rotatable bonds is 8. The van der Waals surface area contributed by atoms with Crippen molar-refractivity contribution in [2.75, 3.05) is 24.4 Å². The number of nitrogens with two attached hydrogens (primary N) is 1. The summed E-state index contributed by atoms with van der Waals surface area (Å²) < 4.78 is 11.8. The molecule has 0 aliphatic rings. The second kappa shape index (κ2) is 8.53. The van der Waals surface area contributed by atoms with Crippen LogP contribution in [0.1, 0.15) is 17.3 Å². The van der Waals surface area contributed by atoms with Crippen molar-refractivity contribution in [1.82, 2.24) is 19.7 Å². The van der Waals surface area contributed by atoms with Gasteiger partial charge in [-0.25, -0.2) is 4.79 Å². The predicted molar refractivity (Wildman–Crippen MR) is 103 cm³/mol.